The van der Waals surface area contributed by atoms with Crippen LogP contribution in [-0.2, 0) is 40.4 Å². The zero-order chi connectivity index (χ0) is 19.6. The van der Waals surface area contributed by atoms with E-state index < -0.39 is 0 Å². The van der Waals surface area contributed by atoms with Crippen LogP contribution in [0, 0.1) is 20.4 Å². The standard InChI is InChI=1S/C20H21N4O2.2W/c1-12(2)11-21-18-9-13(3)22-20-19(14(4)23-24(18)20)15-7-8-16(25-5)17(10-15)26-6;;/h1-2,7-10,21H,11H2,3-6H3;;/q-1;;. The topological polar surface area (TPSA) is 60.7 Å². The fourth-order valence-corrected chi connectivity index (χ4v) is 3.23. The molecule has 0 fully saturated rings. The summed E-state index contributed by atoms with van der Waals surface area (Å²) in [6.07, 6.45) is 0. The molecule has 2 aromatic heterocycles. The van der Waals surface area contributed by atoms with Crippen LogP contribution >= 0.6 is 0 Å². The zero-order valence-corrected chi connectivity index (χ0v) is 22.0. The molecule has 1 N–H and O–H groups in total. The maximum Gasteiger partial charge on any atom is 0 e. The monoisotopic (exact) mass is 717 g/mol. The van der Waals surface area contributed by atoms with Crippen molar-refractivity contribution in [2.75, 3.05) is 26.1 Å². The van der Waals surface area contributed by atoms with Crippen LogP contribution in [0.1, 0.15) is 11.4 Å². The minimum absolute atomic E-state index is 0. The summed E-state index contributed by atoms with van der Waals surface area (Å²) >= 11 is 1.33. The third-order valence-electron chi connectivity index (χ3n) is 4.19. The molecule has 0 saturated carbocycles. The molecule has 0 saturated heterocycles. The maximum absolute atomic E-state index is 5.94. The molecule has 146 valence electrons. The number of anilines is 1. The molecule has 0 bridgehead atoms. The number of aromatic nitrogens is 3. The van der Waals surface area contributed by atoms with E-state index in [1.807, 2.05) is 47.0 Å². The zero-order valence-electron chi connectivity index (χ0n) is 16.1. The Morgan fingerprint density at radius 2 is 1.93 bits per heavy atom. The Labute approximate surface area is 190 Å². The van der Waals surface area contributed by atoms with E-state index in [1.54, 1.807) is 14.2 Å². The number of hydrogen-bond acceptors (Lipinski definition) is 5. The molecule has 0 aliphatic heterocycles. The van der Waals surface area contributed by atoms with E-state index in [-0.39, 0.29) is 21.1 Å². The molecule has 6 nitrogen and oxygen atoms in total. The van der Waals surface area contributed by atoms with Crippen LogP contribution in [0.2, 0.25) is 0 Å². The van der Waals surface area contributed by atoms with Crippen molar-refractivity contribution >= 4 is 15.9 Å². The van der Waals surface area contributed by atoms with Gasteiger partial charge in [-0.3, -0.25) is 0 Å². The van der Waals surface area contributed by atoms with Crippen molar-refractivity contribution in [3.05, 3.63) is 47.8 Å². The van der Waals surface area contributed by atoms with Gasteiger partial charge in [0.05, 0.1) is 14.2 Å². The van der Waals surface area contributed by atoms with E-state index in [0.717, 1.165) is 39.6 Å². The summed E-state index contributed by atoms with van der Waals surface area (Å²) in [4.78, 5) is 4.73. The Balaban J connectivity index is 0.00000280. The maximum atomic E-state index is 5.94. The molecule has 0 aliphatic rings. The molecule has 0 aliphatic carbocycles. The first-order valence-electron chi connectivity index (χ1n) is 8.38. The van der Waals surface area contributed by atoms with Gasteiger partial charge in [-0.15, -0.1) is 0 Å². The molecule has 0 spiro atoms. The van der Waals surface area contributed by atoms with Crippen molar-refractivity contribution in [1.82, 2.24) is 14.6 Å². The molecule has 2 heterocycles. The Morgan fingerprint density at radius 3 is 2.57 bits per heavy atom. The third-order valence-corrected chi connectivity index (χ3v) is 5.28. The summed E-state index contributed by atoms with van der Waals surface area (Å²) < 4.78 is 14.6. The number of rotatable bonds is 7. The van der Waals surface area contributed by atoms with Gasteiger partial charge in [0.2, 0.25) is 0 Å². The summed E-state index contributed by atoms with van der Waals surface area (Å²) in [6.45, 7) is 10.4. The molecule has 0 atom stereocenters. The van der Waals surface area contributed by atoms with Gasteiger partial charge in [0.25, 0.3) is 0 Å². The number of nitrogens with zero attached hydrogens (tertiary/aromatic N) is 3. The number of methoxy groups -OCH3 is 2. The van der Waals surface area contributed by atoms with Crippen molar-refractivity contribution in [3.63, 3.8) is 0 Å². The van der Waals surface area contributed by atoms with Crippen molar-refractivity contribution in [2.24, 2.45) is 0 Å². The molecule has 8 heteroatoms. The number of nitrogens with one attached hydrogen (secondary N) is 1. The molecule has 0 radical (unpaired) electrons. The fraction of sp³-hybridized carbons (Fsp3) is 0.250. The molecule has 3 rings (SSSR count). The Kier molecular flexibility index (Phi) is 7.74. The Morgan fingerprint density at radius 1 is 1.21 bits per heavy atom. The number of fused-ring (bicyclic) bond motifs is 1. The normalized spacial score (nSPS) is 10.3. The first kappa shape index (κ1) is 22.5. The summed E-state index contributed by atoms with van der Waals surface area (Å²) in [5, 5.41) is 8.04. The predicted octanol–water partition coefficient (Wildman–Crippen LogP) is 3.15. The third kappa shape index (κ3) is 4.44. The molecule has 1 aromatic carbocycles. The Bertz CT molecular complexity index is 1030. The van der Waals surface area contributed by atoms with Gasteiger partial charge < -0.3 is 4.74 Å². The van der Waals surface area contributed by atoms with E-state index in [1.165, 1.54) is 19.4 Å². The predicted molar refractivity (Wildman–Crippen MR) is 103 cm³/mol. The van der Waals surface area contributed by atoms with E-state index in [9.17, 15) is 0 Å². The summed E-state index contributed by atoms with van der Waals surface area (Å²) in [5.41, 5.74) is 5.30. The smallest absolute Gasteiger partial charge is 0 e. The quantitative estimate of drug-likeness (QED) is 0.381. The molecule has 0 amide bonds. The first-order valence-corrected chi connectivity index (χ1v) is 10.1. The molecular weight excluding hydrogens is 696 g/mol. The van der Waals surface area contributed by atoms with Crippen molar-refractivity contribution in [2.45, 2.75) is 13.8 Å². The van der Waals surface area contributed by atoms with Crippen molar-refractivity contribution in [3.8, 4) is 22.6 Å². The minimum Gasteiger partial charge on any atom is 0 e. The van der Waals surface area contributed by atoms with E-state index in [2.05, 4.69) is 5.32 Å². The van der Waals surface area contributed by atoms with Gasteiger partial charge in [0.15, 0.2) is 0 Å². The van der Waals surface area contributed by atoms with E-state index in [0.29, 0.717) is 18.0 Å². The SMILES string of the molecule is [CH-]=C([CH]=[W])CNc1cc(C)nc2c(-c3ccc(OC)c(OC)c3)c(C)nn12.[W]. The van der Waals surface area contributed by atoms with Crippen LogP contribution in [0.3, 0.4) is 0 Å². The second-order valence-corrected chi connectivity index (χ2v) is 6.94. The van der Waals surface area contributed by atoms with Crippen LogP contribution in [0.5, 0.6) is 11.5 Å². The minimum atomic E-state index is 0. The van der Waals surface area contributed by atoms with Crippen LogP contribution in [-0.4, -0.2) is 39.8 Å². The second-order valence-electron chi connectivity index (χ2n) is 6.09. The van der Waals surface area contributed by atoms with Gasteiger partial charge in [-0.25, -0.2) is 0 Å². The van der Waals surface area contributed by atoms with Gasteiger partial charge in [0.1, 0.15) is 0 Å². The molecule has 28 heavy (non-hydrogen) atoms. The number of aryl methyl sites for hydroxylation is 2. The van der Waals surface area contributed by atoms with Gasteiger partial charge >= 0.3 is 151 Å². The summed E-state index contributed by atoms with van der Waals surface area (Å²) in [5.74, 6) is 2.21. The van der Waals surface area contributed by atoms with Gasteiger partial charge in [0, 0.05) is 21.1 Å². The van der Waals surface area contributed by atoms with Crippen LogP contribution in [0.4, 0.5) is 5.82 Å². The van der Waals surface area contributed by atoms with E-state index in [4.69, 9.17) is 26.1 Å². The number of hydrogen-bond donors (Lipinski definition) is 1. The van der Waals surface area contributed by atoms with Gasteiger partial charge in [-0.2, -0.15) is 0 Å². The molecule has 0 unspecified atom stereocenters. The summed E-state index contributed by atoms with van der Waals surface area (Å²) in [7, 11) is 3.25. The molecular formula is C20H21N4O2W2-. The van der Waals surface area contributed by atoms with Crippen LogP contribution in [0.15, 0.2) is 29.8 Å². The largest absolute Gasteiger partial charge is 0 e. The second kappa shape index (κ2) is 9.62. The summed E-state index contributed by atoms with van der Waals surface area (Å²) in [6, 6.07) is 7.79. The number of benzene rings is 1. The van der Waals surface area contributed by atoms with Crippen molar-refractivity contribution in [1.29, 1.82) is 0 Å². The number of ether oxygens (including phenoxy) is 2. The Hall–Kier alpha value is -1.77. The van der Waals surface area contributed by atoms with Crippen LogP contribution in [0.25, 0.3) is 16.8 Å². The van der Waals surface area contributed by atoms with E-state index >= 15 is 0 Å². The first-order chi connectivity index (χ1) is 13.0. The van der Waals surface area contributed by atoms with Gasteiger partial charge in [-0.1, -0.05) is 0 Å². The van der Waals surface area contributed by atoms with Crippen molar-refractivity contribution < 1.29 is 49.9 Å². The average Bonchev–Trinajstić information content (AvgIpc) is 3.00. The van der Waals surface area contributed by atoms with Crippen LogP contribution < -0.4 is 14.8 Å². The molecule has 3 aromatic rings. The fourth-order valence-electron chi connectivity index (χ4n) is 2.93. The van der Waals surface area contributed by atoms with Gasteiger partial charge in [-0.05, 0) is 0 Å². The average molecular weight is 717 g/mol.